The maximum atomic E-state index is 13.0. The summed E-state index contributed by atoms with van der Waals surface area (Å²) in [4.78, 5) is 42.2. The molecule has 0 radical (unpaired) electrons. The number of nitrogens with one attached hydrogen (secondary N) is 1. The summed E-state index contributed by atoms with van der Waals surface area (Å²) in [6.45, 7) is 0.00516. The van der Waals surface area contributed by atoms with E-state index in [4.69, 9.17) is 10.5 Å². The first-order valence-corrected chi connectivity index (χ1v) is 11.4. The average molecular weight is 510 g/mol. The predicted octanol–water partition coefficient (Wildman–Crippen LogP) is -1.04. The summed E-state index contributed by atoms with van der Waals surface area (Å²) < 4.78 is 20.0. The second kappa shape index (κ2) is 9.69. The van der Waals surface area contributed by atoms with Gasteiger partial charge >= 0.3 is 0 Å². The molecule has 0 aromatic carbocycles. The van der Waals surface area contributed by atoms with Gasteiger partial charge in [0.25, 0.3) is 11.8 Å². The molecule has 4 atom stereocenters. The number of amides is 2. The standard InChI is InChI=1S/C23H23FN8O5/c1-31(22(36)11-4-7-13(24)26-9-11)8-2-3-14-29-19(25)15-20(30-14)32(10-27-15)23-17(34)16(33)18(37-23)21(35)28-12-5-6-12/h4,7,9-10,12,16-18,23,33-34H,5-6,8H2,1H3,(H,28,35)(H2,25,29,30)/t16-,17?,18-,23+/m0/s1. The Hall–Kier alpha value is -4.19. The van der Waals surface area contributed by atoms with E-state index in [1.165, 1.54) is 28.9 Å². The van der Waals surface area contributed by atoms with Crippen molar-refractivity contribution in [3.8, 4) is 11.8 Å². The van der Waals surface area contributed by atoms with E-state index in [1.54, 1.807) is 0 Å². The van der Waals surface area contributed by atoms with E-state index in [9.17, 15) is 24.2 Å². The molecule has 37 heavy (non-hydrogen) atoms. The molecule has 5 N–H and O–H groups in total. The number of ether oxygens (including phenoxy) is 1. The maximum Gasteiger partial charge on any atom is 0.255 e. The second-order valence-corrected chi connectivity index (χ2v) is 8.80. The van der Waals surface area contributed by atoms with Crippen molar-refractivity contribution in [2.75, 3.05) is 19.3 Å². The monoisotopic (exact) mass is 510 g/mol. The molecule has 1 aliphatic carbocycles. The molecule has 1 saturated carbocycles. The van der Waals surface area contributed by atoms with Crippen molar-refractivity contribution in [2.45, 2.75) is 43.4 Å². The van der Waals surface area contributed by atoms with Gasteiger partial charge in [-0.05, 0) is 30.9 Å². The third-order valence-electron chi connectivity index (χ3n) is 5.98. The number of imidazole rings is 1. The molecule has 1 unspecified atom stereocenters. The fourth-order valence-corrected chi connectivity index (χ4v) is 3.83. The van der Waals surface area contributed by atoms with E-state index in [0.29, 0.717) is 0 Å². The number of nitrogen functional groups attached to an aromatic ring is 1. The Morgan fingerprint density at radius 3 is 2.76 bits per heavy atom. The summed E-state index contributed by atoms with van der Waals surface area (Å²) >= 11 is 0. The molecule has 3 aromatic rings. The van der Waals surface area contributed by atoms with Crippen molar-refractivity contribution in [3.05, 3.63) is 42.0 Å². The number of halogens is 1. The zero-order chi connectivity index (χ0) is 26.3. The molecular weight excluding hydrogens is 487 g/mol. The quantitative estimate of drug-likeness (QED) is 0.245. The topological polar surface area (TPSA) is 182 Å². The Balaban J connectivity index is 1.34. The minimum atomic E-state index is -1.45. The van der Waals surface area contributed by atoms with Gasteiger partial charge in [0.1, 0.15) is 17.7 Å². The molecule has 4 heterocycles. The molecule has 3 aromatic heterocycles. The molecule has 1 aliphatic heterocycles. The highest BCUT2D eigenvalue weighted by Gasteiger charge is 2.48. The third kappa shape index (κ3) is 4.92. The van der Waals surface area contributed by atoms with E-state index < -0.39 is 42.3 Å². The molecule has 192 valence electrons. The molecule has 14 heteroatoms. The number of aliphatic hydroxyl groups is 2. The average Bonchev–Trinajstić information content (AvgIpc) is 3.51. The second-order valence-electron chi connectivity index (χ2n) is 8.80. The lowest BCUT2D eigenvalue weighted by Gasteiger charge is -2.16. The lowest BCUT2D eigenvalue weighted by Crippen LogP contribution is -2.43. The summed E-state index contributed by atoms with van der Waals surface area (Å²) in [5.41, 5.74) is 6.63. The van der Waals surface area contributed by atoms with Gasteiger partial charge < -0.3 is 30.9 Å². The molecule has 2 amide bonds. The predicted molar refractivity (Wildman–Crippen MR) is 125 cm³/mol. The Morgan fingerprint density at radius 2 is 2.05 bits per heavy atom. The SMILES string of the molecule is CN(CC#Cc1nc(N)c2ncn([C@@H]3O[C@H](C(=O)NC4CC4)[C@@H](O)C3O)c2n1)C(=O)c1ccc(F)nc1. The molecule has 0 bridgehead atoms. The highest BCUT2D eigenvalue weighted by molar-refractivity contribution is 5.93. The van der Waals surface area contributed by atoms with Gasteiger partial charge in [-0.2, -0.15) is 4.39 Å². The van der Waals surface area contributed by atoms with Crippen molar-refractivity contribution in [2.24, 2.45) is 0 Å². The maximum absolute atomic E-state index is 13.0. The normalized spacial score (nSPS) is 22.9. The van der Waals surface area contributed by atoms with Gasteiger partial charge in [0.2, 0.25) is 11.8 Å². The molecule has 2 fully saturated rings. The Bertz CT molecular complexity index is 1410. The van der Waals surface area contributed by atoms with E-state index in [1.807, 2.05) is 0 Å². The number of rotatable bonds is 5. The lowest BCUT2D eigenvalue weighted by atomic mass is 10.1. The summed E-state index contributed by atoms with van der Waals surface area (Å²) in [7, 11) is 1.52. The van der Waals surface area contributed by atoms with Gasteiger partial charge in [0.15, 0.2) is 23.8 Å². The van der Waals surface area contributed by atoms with Crippen LogP contribution in [0.1, 0.15) is 35.3 Å². The minimum absolute atomic E-state index is 0.00516. The van der Waals surface area contributed by atoms with Crippen LogP contribution in [0, 0.1) is 17.8 Å². The van der Waals surface area contributed by atoms with Crippen LogP contribution in [0.2, 0.25) is 0 Å². The van der Waals surface area contributed by atoms with Crippen LogP contribution in [0.4, 0.5) is 10.2 Å². The smallest absolute Gasteiger partial charge is 0.255 e. The molecule has 0 spiro atoms. The van der Waals surface area contributed by atoms with Gasteiger partial charge in [-0.15, -0.1) is 0 Å². The lowest BCUT2D eigenvalue weighted by molar-refractivity contribution is -0.137. The summed E-state index contributed by atoms with van der Waals surface area (Å²) in [5, 5.41) is 23.8. The zero-order valence-corrected chi connectivity index (χ0v) is 19.6. The Kier molecular flexibility index (Phi) is 6.42. The van der Waals surface area contributed by atoms with Crippen LogP contribution in [0.3, 0.4) is 0 Å². The van der Waals surface area contributed by atoms with Crippen molar-refractivity contribution in [1.29, 1.82) is 0 Å². The number of aliphatic hydroxyl groups excluding tert-OH is 2. The number of carbonyl (C=O) groups is 2. The Morgan fingerprint density at radius 1 is 1.27 bits per heavy atom. The van der Waals surface area contributed by atoms with Gasteiger partial charge in [-0.3, -0.25) is 14.2 Å². The number of carbonyl (C=O) groups excluding carboxylic acids is 2. The Labute approximate surface area is 209 Å². The number of hydrogen-bond acceptors (Lipinski definition) is 10. The van der Waals surface area contributed by atoms with Crippen LogP contribution in [-0.4, -0.2) is 89.4 Å². The molecular formula is C23H23FN8O5. The number of pyridine rings is 1. The highest BCUT2D eigenvalue weighted by Crippen LogP contribution is 2.33. The zero-order valence-electron chi connectivity index (χ0n) is 19.6. The van der Waals surface area contributed by atoms with Crippen LogP contribution in [0.25, 0.3) is 11.2 Å². The first kappa shape index (κ1) is 24.5. The van der Waals surface area contributed by atoms with Crippen LogP contribution in [0.15, 0.2) is 24.7 Å². The largest absolute Gasteiger partial charge is 0.387 e. The van der Waals surface area contributed by atoms with Crippen LogP contribution < -0.4 is 11.1 Å². The van der Waals surface area contributed by atoms with E-state index in [2.05, 4.69) is 37.1 Å². The van der Waals surface area contributed by atoms with Crippen LogP contribution in [-0.2, 0) is 9.53 Å². The first-order valence-electron chi connectivity index (χ1n) is 11.4. The van der Waals surface area contributed by atoms with E-state index >= 15 is 0 Å². The third-order valence-corrected chi connectivity index (χ3v) is 5.98. The van der Waals surface area contributed by atoms with Gasteiger partial charge in [0.05, 0.1) is 18.4 Å². The number of nitrogens with two attached hydrogens (primary N) is 1. The minimum Gasteiger partial charge on any atom is -0.387 e. The first-order chi connectivity index (χ1) is 17.7. The summed E-state index contributed by atoms with van der Waals surface area (Å²) in [6.07, 6.45) is -1.13. The number of aromatic nitrogens is 5. The fourth-order valence-electron chi connectivity index (χ4n) is 3.83. The van der Waals surface area contributed by atoms with Crippen molar-refractivity contribution in [3.63, 3.8) is 0 Å². The molecule has 13 nitrogen and oxygen atoms in total. The number of fused-ring (bicyclic) bond motifs is 1. The fraction of sp³-hybridized carbons (Fsp3) is 0.391. The van der Waals surface area contributed by atoms with Gasteiger partial charge in [0, 0.05) is 19.3 Å². The number of hydrogen-bond donors (Lipinski definition) is 4. The van der Waals surface area contributed by atoms with Crippen LogP contribution in [0.5, 0.6) is 0 Å². The number of nitrogens with zero attached hydrogens (tertiary/aromatic N) is 6. The van der Waals surface area contributed by atoms with E-state index in [-0.39, 0.29) is 41.0 Å². The van der Waals surface area contributed by atoms with Gasteiger partial charge in [-0.25, -0.2) is 19.9 Å². The number of anilines is 1. The van der Waals surface area contributed by atoms with Gasteiger partial charge in [-0.1, -0.05) is 5.92 Å². The van der Waals surface area contributed by atoms with Crippen LogP contribution >= 0.6 is 0 Å². The molecule has 1 saturated heterocycles. The van der Waals surface area contributed by atoms with Crippen molar-refractivity contribution in [1.82, 2.24) is 34.7 Å². The highest BCUT2D eigenvalue weighted by atomic mass is 19.1. The molecule has 2 aliphatic rings. The van der Waals surface area contributed by atoms with E-state index in [0.717, 1.165) is 25.1 Å². The van der Waals surface area contributed by atoms with Crippen molar-refractivity contribution < 1.29 is 28.9 Å². The summed E-state index contributed by atoms with van der Waals surface area (Å²) in [6, 6.07) is 2.47. The molecule has 5 rings (SSSR count). The summed E-state index contributed by atoms with van der Waals surface area (Å²) in [5.74, 6) is 3.95. The van der Waals surface area contributed by atoms with Crippen molar-refractivity contribution >= 4 is 28.8 Å².